The lowest BCUT2D eigenvalue weighted by Gasteiger charge is -2.11. The Labute approximate surface area is 194 Å². The van der Waals surface area contributed by atoms with Crippen LogP contribution in [0, 0.1) is 6.92 Å². The van der Waals surface area contributed by atoms with Crippen LogP contribution in [0.1, 0.15) is 59.7 Å². The van der Waals surface area contributed by atoms with E-state index in [2.05, 4.69) is 20.5 Å². The lowest BCUT2D eigenvalue weighted by atomic mass is 10.0. The minimum absolute atomic E-state index is 0.0575. The summed E-state index contributed by atoms with van der Waals surface area (Å²) in [7, 11) is 0. The Morgan fingerprint density at radius 2 is 1.82 bits per heavy atom. The number of benzene rings is 1. The number of fused-ring (bicyclic) bond motifs is 1. The van der Waals surface area contributed by atoms with Gasteiger partial charge in [-0.05, 0) is 31.4 Å². The van der Waals surface area contributed by atoms with Gasteiger partial charge >= 0.3 is 6.18 Å². The van der Waals surface area contributed by atoms with E-state index in [0.717, 1.165) is 22.9 Å². The molecule has 4 rings (SSSR count). The first-order valence-electron chi connectivity index (χ1n) is 11.0. The van der Waals surface area contributed by atoms with E-state index >= 15 is 0 Å². The first-order chi connectivity index (χ1) is 16.1. The predicted octanol–water partition coefficient (Wildman–Crippen LogP) is 4.99. The van der Waals surface area contributed by atoms with Gasteiger partial charge in [-0.2, -0.15) is 23.4 Å². The summed E-state index contributed by atoms with van der Waals surface area (Å²) in [5.41, 5.74) is 2.16. The summed E-state index contributed by atoms with van der Waals surface area (Å²) in [6.07, 6.45) is -2.86. The van der Waals surface area contributed by atoms with E-state index in [1.165, 1.54) is 6.07 Å². The normalized spacial score (nSPS) is 12.0. The second-order valence-electron chi connectivity index (χ2n) is 8.38. The molecule has 0 saturated carbocycles. The topological polar surface area (TPSA) is 77.1 Å². The molecule has 178 valence electrons. The van der Waals surface area contributed by atoms with Crippen molar-refractivity contribution in [1.82, 2.24) is 29.7 Å². The zero-order valence-electron chi connectivity index (χ0n) is 19.3. The van der Waals surface area contributed by atoms with Crippen molar-refractivity contribution < 1.29 is 18.0 Å². The van der Waals surface area contributed by atoms with Crippen molar-refractivity contribution in [1.29, 1.82) is 0 Å². The van der Waals surface area contributed by atoms with Crippen molar-refractivity contribution in [3.8, 4) is 11.3 Å². The fourth-order valence-corrected chi connectivity index (χ4v) is 3.63. The van der Waals surface area contributed by atoms with Gasteiger partial charge < -0.3 is 5.32 Å². The molecule has 1 N–H and O–H groups in total. The first kappa shape index (κ1) is 23.5. The molecule has 0 radical (unpaired) electrons. The SMILES string of the molecule is CCn1cc(CNC(=O)c2cc3nc(-c4ccc(C(C)C)cc4)cc(C(F)(F)F)n3n2)c(C)n1. The van der Waals surface area contributed by atoms with Crippen LogP contribution < -0.4 is 5.32 Å². The Balaban J connectivity index is 1.67. The van der Waals surface area contributed by atoms with Crippen LogP contribution in [0.5, 0.6) is 0 Å². The number of halogens is 3. The molecule has 0 fully saturated rings. The molecule has 1 amide bonds. The summed E-state index contributed by atoms with van der Waals surface area (Å²) in [6, 6.07) is 9.45. The Morgan fingerprint density at radius 1 is 1.12 bits per heavy atom. The molecule has 0 aliphatic heterocycles. The van der Waals surface area contributed by atoms with E-state index in [-0.39, 0.29) is 23.6 Å². The number of nitrogens with one attached hydrogen (secondary N) is 1. The Morgan fingerprint density at radius 3 is 2.41 bits per heavy atom. The fraction of sp³-hybridized carbons (Fsp3) is 0.333. The second-order valence-corrected chi connectivity index (χ2v) is 8.38. The molecule has 0 saturated heterocycles. The molecule has 1 aromatic carbocycles. The third-order valence-electron chi connectivity index (χ3n) is 5.63. The molecule has 4 aromatic rings. The van der Waals surface area contributed by atoms with Crippen LogP contribution in [0.4, 0.5) is 13.2 Å². The number of alkyl halides is 3. The van der Waals surface area contributed by atoms with Crippen LogP contribution in [-0.4, -0.2) is 30.3 Å². The summed E-state index contributed by atoms with van der Waals surface area (Å²) in [5.74, 6) is -0.295. The minimum atomic E-state index is -4.68. The third-order valence-corrected chi connectivity index (χ3v) is 5.63. The van der Waals surface area contributed by atoms with Gasteiger partial charge in [0.2, 0.25) is 0 Å². The van der Waals surface area contributed by atoms with Gasteiger partial charge in [0.25, 0.3) is 5.91 Å². The minimum Gasteiger partial charge on any atom is -0.346 e. The smallest absolute Gasteiger partial charge is 0.346 e. The molecule has 0 spiro atoms. The van der Waals surface area contributed by atoms with E-state index in [0.29, 0.717) is 22.5 Å². The molecule has 3 heterocycles. The summed E-state index contributed by atoms with van der Waals surface area (Å²) in [5, 5.41) is 10.9. The van der Waals surface area contributed by atoms with Crippen molar-refractivity contribution in [2.24, 2.45) is 0 Å². The maximum atomic E-state index is 13.8. The Hall–Kier alpha value is -3.69. The number of nitrogens with zero attached hydrogens (tertiary/aromatic N) is 5. The van der Waals surface area contributed by atoms with Crippen LogP contribution in [0.25, 0.3) is 16.9 Å². The van der Waals surface area contributed by atoms with E-state index in [4.69, 9.17) is 0 Å². The number of rotatable bonds is 6. The largest absolute Gasteiger partial charge is 0.433 e. The van der Waals surface area contributed by atoms with Crippen molar-refractivity contribution in [3.05, 3.63) is 70.8 Å². The highest BCUT2D eigenvalue weighted by atomic mass is 19.4. The Bertz CT molecular complexity index is 1340. The fourth-order valence-electron chi connectivity index (χ4n) is 3.63. The lowest BCUT2D eigenvalue weighted by molar-refractivity contribution is -0.142. The van der Waals surface area contributed by atoms with E-state index < -0.39 is 17.8 Å². The Kier molecular flexibility index (Phi) is 6.16. The summed E-state index contributed by atoms with van der Waals surface area (Å²) in [4.78, 5) is 17.0. The molecule has 0 aliphatic rings. The summed E-state index contributed by atoms with van der Waals surface area (Å²) in [6.45, 7) is 8.73. The molecule has 10 heteroatoms. The monoisotopic (exact) mass is 470 g/mol. The molecule has 7 nitrogen and oxygen atoms in total. The number of amides is 1. The van der Waals surface area contributed by atoms with Crippen LogP contribution >= 0.6 is 0 Å². The van der Waals surface area contributed by atoms with E-state index in [9.17, 15) is 18.0 Å². The van der Waals surface area contributed by atoms with Crippen molar-refractivity contribution in [2.45, 2.75) is 52.9 Å². The molecular weight excluding hydrogens is 445 g/mol. The van der Waals surface area contributed by atoms with Crippen molar-refractivity contribution in [3.63, 3.8) is 0 Å². The van der Waals surface area contributed by atoms with E-state index in [1.54, 1.807) is 16.8 Å². The maximum Gasteiger partial charge on any atom is 0.433 e. The highest BCUT2D eigenvalue weighted by Crippen LogP contribution is 2.32. The van der Waals surface area contributed by atoms with Gasteiger partial charge in [-0.25, -0.2) is 9.50 Å². The van der Waals surface area contributed by atoms with Gasteiger partial charge in [0.1, 0.15) is 0 Å². The molecule has 0 aliphatic carbocycles. The van der Waals surface area contributed by atoms with Gasteiger partial charge in [-0.3, -0.25) is 9.48 Å². The predicted molar refractivity (Wildman–Crippen MR) is 121 cm³/mol. The highest BCUT2D eigenvalue weighted by molar-refractivity contribution is 5.93. The number of hydrogen-bond acceptors (Lipinski definition) is 4. The van der Waals surface area contributed by atoms with Gasteiger partial charge in [0, 0.05) is 36.5 Å². The second kappa shape index (κ2) is 8.92. The molecule has 34 heavy (non-hydrogen) atoms. The van der Waals surface area contributed by atoms with Gasteiger partial charge in [0.05, 0.1) is 11.4 Å². The molecule has 0 unspecified atom stereocenters. The van der Waals surface area contributed by atoms with Crippen molar-refractivity contribution >= 4 is 11.6 Å². The highest BCUT2D eigenvalue weighted by Gasteiger charge is 2.35. The average molecular weight is 470 g/mol. The van der Waals surface area contributed by atoms with Crippen LogP contribution in [0.2, 0.25) is 0 Å². The lowest BCUT2D eigenvalue weighted by Crippen LogP contribution is -2.23. The number of carbonyl (C=O) groups is 1. The van der Waals surface area contributed by atoms with Crippen molar-refractivity contribution in [2.75, 3.05) is 0 Å². The number of aryl methyl sites for hydroxylation is 2. The quantitative estimate of drug-likeness (QED) is 0.431. The van der Waals surface area contributed by atoms with Gasteiger partial charge in [0.15, 0.2) is 17.0 Å². The number of aromatic nitrogens is 5. The summed E-state index contributed by atoms with van der Waals surface area (Å²) < 4.78 is 43.9. The van der Waals surface area contributed by atoms with Crippen LogP contribution in [0.15, 0.2) is 42.6 Å². The standard InChI is InChI=1S/C24H25F3N6O/c1-5-32-13-18(15(4)30-32)12-28-23(34)20-11-22-29-19(10-21(24(25,26)27)33(22)31-20)17-8-6-16(7-9-17)14(2)3/h6-11,13-14H,5,12H2,1-4H3,(H,28,34). The van der Waals surface area contributed by atoms with Gasteiger partial charge in [-0.1, -0.05) is 38.1 Å². The van der Waals surface area contributed by atoms with E-state index in [1.807, 2.05) is 46.0 Å². The zero-order valence-corrected chi connectivity index (χ0v) is 19.3. The molecular formula is C24H25F3N6O. The van der Waals surface area contributed by atoms with Crippen LogP contribution in [0.3, 0.4) is 0 Å². The number of hydrogen-bond donors (Lipinski definition) is 1. The molecule has 0 bridgehead atoms. The maximum absolute atomic E-state index is 13.8. The van der Waals surface area contributed by atoms with Gasteiger partial charge in [-0.15, -0.1) is 0 Å². The first-order valence-corrected chi connectivity index (χ1v) is 11.0. The summed E-state index contributed by atoms with van der Waals surface area (Å²) >= 11 is 0. The average Bonchev–Trinajstić information content (AvgIpc) is 3.39. The van der Waals surface area contributed by atoms with Crippen LogP contribution in [-0.2, 0) is 19.3 Å². The molecule has 0 atom stereocenters. The third kappa shape index (κ3) is 4.66. The number of carbonyl (C=O) groups excluding carboxylic acids is 1. The molecule has 3 aromatic heterocycles. The zero-order chi connectivity index (χ0) is 24.6.